The second-order valence-corrected chi connectivity index (χ2v) is 9.74. The zero-order valence-corrected chi connectivity index (χ0v) is 16.7. The first kappa shape index (κ1) is 20.8. The van der Waals surface area contributed by atoms with Gasteiger partial charge in [-0.05, 0) is 42.8 Å². The standard InChI is InChI=1S/C12H18BrN3O6S2/c1-12(2,3)22-11(17)15-10-9(5-8(13)6-14-10)16(23(18)19)7-24(4,20)21/h5-6H,7H2,1-4H3,(H,18,19)(H,14,15,17). The quantitative estimate of drug-likeness (QED) is 0.667. The third-order valence-corrected chi connectivity index (χ3v) is 4.29. The van der Waals surface area contributed by atoms with Crippen LogP contribution in [0.3, 0.4) is 0 Å². The number of anilines is 2. The number of nitrogens with one attached hydrogen (secondary N) is 1. The average molecular weight is 444 g/mol. The van der Waals surface area contributed by atoms with Gasteiger partial charge in [0.1, 0.15) is 11.5 Å². The van der Waals surface area contributed by atoms with E-state index in [2.05, 4.69) is 26.2 Å². The number of pyridine rings is 1. The summed E-state index contributed by atoms with van der Waals surface area (Å²) < 4.78 is 50.1. The molecule has 0 aliphatic carbocycles. The Bertz CT molecular complexity index is 748. The van der Waals surface area contributed by atoms with Crippen molar-refractivity contribution < 1.29 is 26.7 Å². The van der Waals surface area contributed by atoms with Gasteiger partial charge in [0.15, 0.2) is 15.7 Å². The fraction of sp³-hybridized carbons (Fsp3) is 0.500. The van der Waals surface area contributed by atoms with Crippen LogP contribution in [0.25, 0.3) is 0 Å². The lowest BCUT2D eigenvalue weighted by Gasteiger charge is -2.23. The van der Waals surface area contributed by atoms with Crippen molar-refractivity contribution in [2.45, 2.75) is 26.4 Å². The van der Waals surface area contributed by atoms with Crippen LogP contribution in [-0.2, 0) is 25.8 Å². The molecule has 0 fully saturated rings. The van der Waals surface area contributed by atoms with E-state index in [1.54, 1.807) is 20.8 Å². The summed E-state index contributed by atoms with van der Waals surface area (Å²) in [6.07, 6.45) is 1.43. The maximum Gasteiger partial charge on any atom is 0.413 e. The van der Waals surface area contributed by atoms with E-state index in [-0.39, 0.29) is 11.5 Å². The Labute approximate surface area is 151 Å². The molecule has 0 saturated heterocycles. The van der Waals surface area contributed by atoms with Gasteiger partial charge in [-0.3, -0.25) is 14.2 Å². The molecule has 1 atom stereocenters. The van der Waals surface area contributed by atoms with Crippen LogP contribution < -0.4 is 9.62 Å². The van der Waals surface area contributed by atoms with Gasteiger partial charge in [0.25, 0.3) is 11.3 Å². The topological polar surface area (TPSA) is 126 Å². The highest BCUT2D eigenvalue weighted by molar-refractivity contribution is 9.10. The summed E-state index contributed by atoms with van der Waals surface area (Å²) in [5.41, 5.74) is -0.812. The lowest BCUT2D eigenvalue weighted by molar-refractivity contribution is 0.0635. The number of rotatable bonds is 5. The molecule has 0 saturated carbocycles. The number of amides is 1. The third kappa shape index (κ3) is 7.11. The summed E-state index contributed by atoms with van der Waals surface area (Å²) in [5.74, 6) is -0.851. The van der Waals surface area contributed by atoms with Crippen molar-refractivity contribution in [3.05, 3.63) is 16.7 Å². The van der Waals surface area contributed by atoms with Gasteiger partial charge in [-0.25, -0.2) is 22.4 Å². The summed E-state index contributed by atoms with van der Waals surface area (Å²) in [6, 6.07) is 1.36. The van der Waals surface area contributed by atoms with Gasteiger partial charge in [-0.15, -0.1) is 0 Å². The normalized spacial score (nSPS) is 13.2. The first-order valence-corrected chi connectivity index (χ1v) is 10.4. The monoisotopic (exact) mass is 443 g/mol. The van der Waals surface area contributed by atoms with Crippen molar-refractivity contribution in [2.75, 3.05) is 21.8 Å². The van der Waals surface area contributed by atoms with Crippen LogP contribution in [0.5, 0.6) is 0 Å². The summed E-state index contributed by atoms with van der Waals surface area (Å²) in [6.45, 7) is 5.00. The molecule has 0 aliphatic heterocycles. The molecule has 1 unspecified atom stereocenters. The van der Waals surface area contributed by atoms with Crippen molar-refractivity contribution in [2.24, 2.45) is 0 Å². The van der Waals surface area contributed by atoms with Gasteiger partial charge in [-0.1, -0.05) is 0 Å². The number of hydrogen-bond acceptors (Lipinski definition) is 6. The first-order chi connectivity index (χ1) is 10.8. The molecule has 1 aromatic heterocycles. The summed E-state index contributed by atoms with van der Waals surface area (Å²) in [7, 11) is -3.62. The van der Waals surface area contributed by atoms with Crippen molar-refractivity contribution in [3.63, 3.8) is 0 Å². The van der Waals surface area contributed by atoms with Crippen LogP contribution in [0.4, 0.5) is 16.3 Å². The second kappa shape index (κ2) is 7.76. The van der Waals surface area contributed by atoms with Crippen LogP contribution in [0.1, 0.15) is 20.8 Å². The van der Waals surface area contributed by atoms with E-state index in [4.69, 9.17) is 4.74 Å². The molecule has 0 spiro atoms. The Hall–Kier alpha value is -1.24. The van der Waals surface area contributed by atoms with Gasteiger partial charge < -0.3 is 4.74 Å². The van der Waals surface area contributed by atoms with Gasteiger partial charge >= 0.3 is 6.09 Å². The van der Waals surface area contributed by atoms with Crippen LogP contribution in [0, 0.1) is 0 Å². The van der Waals surface area contributed by atoms with E-state index >= 15 is 0 Å². The highest BCUT2D eigenvalue weighted by Gasteiger charge is 2.24. The lowest BCUT2D eigenvalue weighted by Crippen LogP contribution is -2.33. The van der Waals surface area contributed by atoms with E-state index in [1.165, 1.54) is 12.3 Å². The van der Waals surface area contributed by atoms with Crippen LogP contribution >= 0.6 is 15.9 Å². The maximum atomic E-state index is 11.9. The predicted octanol–water partition coefficient (Wildman–Crippen LogP) is 2.14. The predicted molar refractivity (Wildman–Crippen MR) is 94.8 cm³/mol. The molecular weight excluding hydrogens is 426 g/mol. The van der Waals surface area contributed by atoms with Gasteiger partial charge in [0, 0.05) is 16.9 Å². The molecule has 136 valence electrons. The number of halogens is 1. The van der Waals surface area contributed by atoms with Crippen LogP contribution in [-0.4, -0.2) is 46.0 Å². The Morgan fingerprint density at radius 2 is 2.08 bits per heavy atom. The zero-order chi connectivity index (χ0) is 18.7. The number of aromatic nitrogens is 1. The lowest BCUT2D eigenvalue weighted by atomic mass is 10.2. The Kier molecular flexibility index (Phi) is 6.73. The van der Waals surface area contributed by atoms with Crippen LogP contribution in [0.15, 0.2) is 16.7 Å². The third-order valence-electron chi connectivity index (χ3n) is 2.26. The molecule has 2 N–H and O–H groups in total. The number of sulfone groups is 1. The van der Waals surface area contributed by atoms with E-state index in [0.717, 1.165) is 6.26 Å². The number of carbonyl (C=O) groups is 1. The number of hydrogen-bond donors (Lipinski definition) is 2. The molecule has 0 radical (unpaired) electrons. The molecule has 1 rings (SSSR count). The molecule has 1 amide bonds. The Morgan fingerprint density at radius 3 is 2.54 bits per heavy atom. The zero-order valence-electron chi connectivity index (χ0n) is 13.4. The Morgan fingerprint density at radius 1 is 1.50 bits per heavy atom. The SMILES string of the molecule is CC(C)(C)OC(=O)Nc1ncc(Br)cc1N(CS(C)(=O)=O)S(=O)O. The van der Waals surface area contributed by atoms with Crippen LogP contribution in [0.2, 0.25) is 0 Å². The van der Waals surface area contributed by atoms with Crippen molar-refractivity contribution in [3.8, 4) is 0 Å². The summed E-state index contributed by atoms with van der Waals surface area (Å²) in [4.78, 5) is 15.8. The highest BCUT2D eigenvalue weighted by atomic mass is 79.9. The first-order valence-electron chi connectivity index (χ1n) is 6.50. The largest absolute Gasteiger partial charge is 0.444 e. The fourth-order valence-electron chi connectivity index (χ4n) is 1.53. The minimum Gasteiger partial charge on any atom is -0.444 e. The fourth-order valence-corrected chi connectivity index (χ4v) is 3.65. The van der Waals surface area contributed by atoms with E-state index in [0.29, 0.717) is 8.78 Å². The molecule has 9 nitrogen and oxygen atoms in total. The van der Waals surface area contributed by atoms with Gasteiger partial charge in [-0.2, -0.15) is 0 Å². The minimum absolute atomic E-state index is 0.0542. The summed E-state index contributed by atoms with van der Waals surface area (Å²) >= 11 is 0.493. The summed E-state index contributed by atoms with van der Waals surface area (Å²) in [5, 5.41) is 2.34. The molecular formula is C12H18BrN3O6S2. The maximum absolute atomic E-state index is 11.9. The smallest absolute Gasteiger partial charge is 0.413 e. The molecule has 1 aromatic rings. The van der Waals surface area contributed by atoms with E-state index in [1.807, 2.05) is 0 Å². The minimum atomic E-state index is -3.62. The van der Waals surface area contributed by atoms with Gasteiger partial charge in [0.2, 0.25) is 0 Å². The molecule has 0 aromatic carbocycles. The number of nitrogens with zero attached hydrogens (tertiary/aromatic N) is 2. The second-order valence-electron chi connectivity index (χ2n) is 5.81. The van der Waals surface area contributed by atoms with Crippen molar-refractivity contribution in [1.82, 2.24) is 4.98 Å². The van der Waals surface area contributed by atoms with Gasteiger partial charge in [0.05, 0.1) is 5.69 Å². The molecule has 0 bridgehead atoms. The molecule has 24 heavy (non-hydrogen) atoms. The highest BCUT2D eigenvalue weighted by Crippen LogP contribution is 2.29. The number of carbonyl (C=O) groups excluding carboxylic acids is 1. The average Bonchev–Trinajstić information content (AvgIpc) is 2.34. The Balaban J connectivity index is 3.24. The van der Waals surface area contributed by atoms with Crippen molar-refractivity contribution >= 4 is 54.6 Å². The molecule has 0 aliphatic rings. The van der Waals surface area contributed by atoms with Crippen molar-refractivity contribution in [1.29, 1.82) is 0 Å². The molecule has 12 heteroatoms. The molecule has 1 heterocycles. The number of ether oxygens (including phenoxy) is 1. The van der Waals surface area contributed by atoms with E-state index < -0.39 is 38.7 Å². The van der Waals surface area contributed by atoms with E-state index in [9.17, 15) is 22.0 Å².